The number of ether oxygens (including phenoxy) is 2. The topological polar surface area (TPSA) is 38.8 Å². The number of amides is 1. The minimum Gasteiger partial charge on any atom is -0.493 e. The standard InChI is InChI=1S/C25H20ClNO3S2/c1-16-6-8-17(9-7-16)15-30-21-11-10-18(12-22(21)29-2)13-23-24(28)27(25(31)32-23)20-5-3-4-19(26)14-20/h3-14H,15H2,1-2H3/b23-13+. The van der Waals surface area contributed by atoms with Gasteiger partial charge in [-0.05, 0) is 54.5 Å². The largest absolute Gasteiger partial charge is 0.493 e. The van der Waals surface area contributed by atoms with E-state index in [9.17, 15) is 4.79 Å². The molecule has 3 aromatic carbocycles. The highest BCUT2D eigenvalue weighted by Gasteiger charge is 2.33. The van der Waals surface area contributed by atoms with Gasteiger partial charge in [0.2, 0.25) is 0 Å². The minimum absolute atomic E-state index is 0.180. The van der Waals surface area contributed by atoms with Crippen LogP contribution in [0, 0.1) is 6.92 Å². The van der Waals surface area contributed by atoms with Gasteiger partial charge in [0, 0.05) is 5.02 Å². The van der Waals surface area contributed by atoms with Crippen molar-refractivity contribution in [1.82, 2.24) is 0 Å². The Morgan fingerprint density at radius 2 is 1.84 bits per heavy atom. The second kappa shape index (κ2) is 9.77. The average molecular weight is 482 g/mol. The second-order valence-corrected chi connectivity index (χ2v) is 9.29. The second-order valence-electron chi connectivity index (χ2n) is 7.18. The summed E-state index contributed by atoms with van der Waals surface area (Å²) in [6, 6.07) is 20.8. The molecule has 3 aromatic rings. The summed E-state index contributed by atoms with van der Waals surface area (Å²) in [6.45, 7) is 2.49. The molecule has 0 spiro atoms. The number of hydrogen-bond donors (Lipinski definition) is 0. The highest BCUT2D eigenvalue weighted by Crippen LogP contribution is 2.38. The number of nitrogens with zero attached hydrogens (tertiary/aromatic N) is 1. The maximum atomic E-state index is 13.0. The lowest BCUT2D eigenvalue weighted by molar-refractivity contribution is -0.113. The molecule has 4 nitrogen and oxygen atoms in total. The summed E-state index contributed by atoms with van der Waals surface area (Å²) in [5, 5.41) is 0.548. The van der Waals surface area contributed by atoms with Gasteiger partial charge in [0.05, 0.1) is 17.7 Å². The molecule has 1 heterocycles. The molecule has 162 valence electrons. The van der Waals surface area contributed by atoms with Crippen LogP contribution in [0.25, 0.3) is 6.08 Å². The van der Waals surface area contributed by atoms with Gasteiger partial charge in [-0.25, -0.2) is 0 Å². The molecule has 1 fully saturated rings. The van der Waals surface area contributed by atoms with E-state index in [-0.39, 0.29) is 5.91 Å². The molecule has 0 unspecified atom stereocenters. The lowest BCUT2D eigenvalue weighted by Gasteiger charge is -2.14. The van der Waals surface area contributed by atoms with Crippen molar-refractivity contribution in [2.45, 2.75) is 13.5 Å². The number of benzene rings is 3. The van der Waals surface area contributed by atoms with Crippen molar-refractivity contribution >= 4 is 57.6 Å². The van der Waals surface area contributed by atoms with Crippen LogP contribution in [0.15, 0.2) is 71.6 Å². The van der Waals surface area contributed by atoms with E-state index in [1.54, 1.807) is 31.4 Å². The van der Waals surface area contributed by atoms with E-state index in [0.29, 0.717) is 38.0 Å². The highest BCUT2D eigenvalue weighted by molar-refractivity contribution is 8.27. The Morgan fingerprint density at radius 3 is 2.56 bits per heavy atom. The van der Waals surface area contributed by atoms with Crippen LogP contribution in [0.5, 0.6) is 11.5 Å². The number of halogens is 1. The van der Waals surface area contributed by atoms with Crippen molar-refractivity contribution in [2.75, 3.05) is 12.0 Å². The summed E-state index contributed by atoms with van der Waals surface area (Å²) in [5.41, 5.74) is 3.75. The van der Waals surface area contributed by atoms with Gasteiger partial charge in [-0.3, -0.25) is 9.69 Å². The van der Waals surface area contributed by atoms with Gasteiger partial charge < -0.3 is 9.47 Å². The van der Waals surface area contributed by atoms with Crippen molar-refractivity contribution < 1.29 is 14.3 Å². The Labute approximate surface area is 201 Å². The van der Waals surface area contributed by atoms with E-state index in [1.165, 1.54) is 22.2 Å². The van der Waals surface area contributed by atoms with Crippen LogP contribution in [0.2, 0.25) is 5.02 Å². The molecule has 7 heteroatoms. The molecule has 1 amide bonds. The van der Waals surface area contributed by atoms with Gasteiger partial charge in [-0.15, -0.1) is 0 Å². The van der Waals surface area contributed by atoms with Gasteiger partial charge in [0.1, 0.15) is 6.61 Å². The van der Waals surface area contributed by atoms with E-state index in [1.807, 2.05) is 36.4 Å². The maximum absolute atomic E-state index is 13.0. The Balaban J connectivity index is 1.53. The number of hydrogen-bond acceptors (Lipinski definition) is 5. The monoisotopic (exact) mass is 481 g/mol. The fraction of sp³-hybridized carbons (Fsp3) is 0.120. The average Bonchev–Trinajstić information content (AvgIpc) is 3.06. The lowest BCUT2D eigenvalue weighted by atomic mass is 10.1. The van der Waals surface area contributed by atoms with Crippen LogP contribution >= 0.6 is 35.6 Å². The number of carbonyl (C=O) groups excluding carboxylic acids is 1. The van der Waals surface area contributed by atoms with Gasteiger partial charge in [0.25, 0.3) is 5.91 Å². The predicted octanol–water partition coefficient (Wildman–Crippen LogP) is 6.64. The van der Waals surface area contributed by atoms with Gasteiger partial charge in [0.15, 0.2) is 15.8 Å². The quantitative estimate of drug-likeness (QED) is 0.291. The third-order valence-corrected chi connectivity index (χ3v) is 6.40. The fourth-order valence-corrected chi connectivity index (χ4v) is 4.68. The summed E-state index contributed by atoms with van der Waals surface area (Å²) in [4.78, 5) is 15.0. The maximum Gasteiger partial charge on any atom is 0.270 e. The first-order chi connectivity index (χ1) is 15.4. The number of aryl methyl sites for hydroxylation is 1. The number of thioether (sulfide) groups is 1. The van der Waals surface area contributed by atoms with E-state index in [0.717, 1.165) is 11.1 Å². The summed E-state index contributed by atoms with van der Waals surface area (Å²) < 4.78 is 11.9. The first-order valence-corrected chi connectivity index (χ1v) is 11.4. The molecule has 1 aliphatic heterocycles. The number of carbonyl (C=O) groups is 1. The van der Waals surface area contributed by atoms with Crippen molar-refractivity contribution in [3.63, 3.8) is 0 Å². The SMILES string of the molecule is COc1cc(/C=C2/SC(=S)N(c3cccc(Cl)c3)C2=O)ccc1OCc1ccc(C)cc1. The van der Waals surface area contributed by atoms with E-state index < -0.39 is 0 Å². The molecular weight excluding hydrogens is 462 g/mol. The van der Waals surface area contributed by atoms with Crippen LogP contribution < -0.4 is 14.4 Å². The summed E-state index contributed by atoms with van der Waals surface area (Å²) in [7, 11) is 1.59. The molecule has 0 atom stereocenters. The van der Waals surface area contributed by atoms with Gasteiger partial charge in [-0.2, -0.15) is 0 Å². The number of rotatable bonds is 6. The number of anilines is 1. The molecule has 0 bridgehead atoms. The zero-order chi connectivity index (χ0) is 22.7. The third-order valence-electron chi connectivity index (χ3n) is 4.86. The zero-order valence-electron chi connectivity index (χ0n) is 17.5. The Bertz CT molecular complexity index is 1210. The fourth-order valence-electron chi connectivity index (χ4n) is 3.20. The molecule has 0 aromatic heterocycles. The van der Waals surface area contributed by atoms with E-state index >= 15 is 0 Å². The van der Waals surface area contributed by atoms with Crippen LogP contribution in [0.4, 0.5) is 5.69 Å². The Morgan fingerprint density at radius 1 is 1.06 bits per heavy atom. The number of methoxy groups -OCH3 is 1. The van der Waals surface area contributed by atoms with Gasteiger partial charge in [-0.1, -0.05) is 77.5 Å². The van der Waals surface area contributed by atoms with Crippen LogP contribution in [0.1, 0.15) is 16.7 Å². The lowest BCUT2D eigenvalue weighted by Crippen LogP contribution is -2.27. The van der Waals surface area contributed by atoms with Gasteiger partial charge >= 0.3 is 0 Å². The van der Waals surface area contributed by atoms with Crippen LogP contribution in [-0.4, -0.2) is 17.3 Å². The Hall–Kier alpha value is -2.80. The van der Waals surface area contributed by atoms with Crippen LogP contribution in [0.3, 0.4) is 0 Å². The summed E-state index contributed by atoms with van der Waals surface area (Å²) in [5.74, 6) is 1.05. The van der Waals surface area contributed by atoms with Crippen LogP contribution in [-0.2, 0) is 11.4 Å². The molecule has 0 radical (unpaired) electrons. The Kier molecular flexibility index (Phi) is 6.84. The molecule has 0 N–H and O–H groups in total. The molecule has 1 aliphatic rings. The normalized spacial score (nSPS) is 14.8. The van der Waals surface area contributed by atoms with E-state index in [2.05, 4.69) is 19.1 Å². The van der Waals surface area contributed by atoms with Crippen molar-refractivity contribution in [3.8, 4) is 11.5 Å². The van der Waals surface area contributed by atoms with Crippen molar-refractivity contribution in [3.05, 3.63) is 93.3 Å². The molecule has 4 rings (SSSR count). The predicted molar refractivity (Wildman–Crippen MR) is 136 cm³/mol. The van der Waals surface area contributed by atoms with Crippen molar-refractivity contribution in [2.24, 2.45) is 0 Å². The first kappa shape index (κ1) is 22.4. The molecular formula is C25H20ClNO3S2. The first-order valence-electron chi connectivity index (χ1n) is 9.84. The number of thiocarbonyl (C=S) groups is 1. The van der Waals surface area contributed by atoms with Crippen molar-refractivity contribution in [1.29, 1.82) is 0 Å². The summed E-state index contributed by atoms with van der Waals surface area (Å²) >= 11 is 12.8. The molecule has 32 heavy (non-hydrogen) atoms. The molecule has 0 aliphatic carbocycles. The zero-order valence-corrected chi connectivity index (χ0v) is 19.9. The smallest absolute Gasteiger partial charge is 0.270 e. The minimum atomic E-state index is -0.180. The molecule has 1 saturated heterocycles. The molecule has 0 saturated carbocycles. The summed E-state index contributed by atoms with van der Waals surface area (Å²) in [6.07, 6.45) is 1.80. The van der Waals surface area contributed by atoms with E-state index in [4.69, 9.17) is 33.3 Å². The third kappa shape index (κ3) is 4.99. The highest BCUT2D eigenvalue weighted by atomic mass is 35.5.